The Morgan fingerprint density at radius 2 is 1.06 bits per heavy atom. The summed E-state index contributed by atoms with van der Waals surface area (Å²) in [4.78, 5) is 28.7. The van der Waals surface area contributed by atoms with E-state index in [-0.39, 0.29) is 13.1 Å². The van der Waals surface area contributed by atoms with Gasteiger partial charge in [0.1, 0.15) is 12.2 Å². The number of carbonyl (C=O) groups is 2. The first-order chi connectivity index (χ1) is 16.2. The van der Waals surface area contributed by atoms with Gasteiger partial charge in [0, 0.05) is 39.3 Å². The highest BCUT2D eigenvalue weighted by Gasteiger charge is 2.37. The molecule has 0 saturated carbocycles. The third kappa shape index (κ3) is 13.5. The molecular formula is C23H49N5O6. The molecule has 0 aromatic carbocycles. The minimum atomic E-state index is -2.02. The number of likely N-dealkylation sites (N-methyl/N-ethyl adjacent to an activating group) is 1. The molecule has 0 aliphatic carbocycles. The molecule has 0 unspecified atom stereocenters. The van der Waals surface area contributed by atoms with E-state index in [1.165, 1.54) is 0 Å². The van der Waals surface area contributed by atoms with Crippen molar-refractivity contribution < 1.29 is 30.0 Å². The topological polar surface area (TPSA) is 158 Å². The van der Waals surface area contributed by atoms with Crippen LogP contribution in [0.2, 0.25) is 0 Å². The van der Waals surface area contributed by atoms with Gasteiger partial charge in [0.25, 0.3) is 11.8 Å². The minimum absolute atomic E-state index is 0.248. The van der Waals surface area contributed by atoms with Crippen molar-refractivity contribution in [2.45, 2.75) is 70.9 Å². The summed E-state index contributed by atoms with van der Waals surface area (Å²) in [5, 5.41) is 48.6. The fourth-order valence-corrected chi connectivity index (χ4v) is 3.52. The van der Waals surface area contributed by atoms with Crippen molar-refractivity contribution in [1.82, 2.24) is 25.8 Å². The van der Waals surface area contributed by atoms with Gasteiger partial charge in [-0.15, -0.1) is 0 Å². The van der Waals surface area contributed by atoms with Crippen LogP contribution in [0.3, 0.4) is 0 Å². The lowest BCUT2D eigenvalue weighted by atomic mass is 10.0. The van der Waals surface area contributed by atoms with Crippen LogP contribution < -0.4 is 16.0 Å². The molecule has 0 rings (SSSR count). The molecule has 0 spiro atoms. The largest absolute Gasteiger partial charge is 0.387 e. The van der Waals surface area contributed by atoms with Gasteiger partial charge in [-0.3, -0.25) is 9.59 Å². The van der Waals surface area contributed by atoms with Crippen LogP contribution in [-0.4, -0.2) is 132 Å². The summed E-state index contributed by atoms with van der Waals surface area (Å²) in [7, 11) is 1.86. The number of carbonyl (C=O) groups excluding carboxylic acids is 2. The van der Waals surface area contributed by atoms with Crippen molar-refractivity contribution in [3.8, 4) is 0 Å². The first-order valence-corrected chi connectivity index (χ1v) is 12.6. The fraction of sp³-hybridized carbons (Fsp3) is 0.913. The molecule has 2 amide bonds. The van der Waals surface area contributed by atoms with Crippen molar-refractivity contribution in [2.24, 2.45) is 0 Å². The van der Waals surface area contributed by atoms with Gasteiger partial charge >= 0.3 is 0 Å². The number of aliphatic hydroxyl groups excluding tert-OH is 4. The Kier molecular flexibility index (Phi) is 19.1. The standard InChI is InChI=1S/C23H49N5O6/c1-5-8-14-27(12-6-2)16-10-25-22(33)20(31)18(29)19(30)21(32)23(34)26-11-17-28(13-7-3)15-9-24-4/h18-21,24,29-32H,5-17H2,1-4H3,(H,25,33)(H,26,34)/t18-,19-,20-,21+/m1/s1. The molecule has 11 heteroatoms. The van der Waals surface area contributed by atoms with Crippen LogP contribution in [0, 0.1) is 0 Å². The zero-order chi connectivity index (χ0) is 25.9. The average molecular weight is 492 g/mol. The van der Waals surface area contributed by atoms with E-state index in [0.29, 0.717) is 13.1 Å². The summed E-state index contributed by atoms with van der Waals surface area (Å²) in [6.45, 7) is 12.2. The maximum atomic E-state index is 12.2. The van der Waals surface area contributed by atoms with E-state index in [0.717, 1.165) is 58.4 Å². The van der Waals surface area contributed by atoms with Crippen LogP contribution in [0.1, 0.15) is 46.5 Å². The summed E-state index contributed by atoms with van der Waals surface area (Å²) < 4.78 is 0. The van der Waals surface area contributed by atoms with E-state index >= 15 is 0 Å². The van der Waals surface area contributed by atoms with Crippen molar-refractivity contribution in [1.29, 1.82) is 0 Å². The molecule has 0 aromatic heterocycles. The second-order valence-electron chi connectivity index (χ2n) is 8.59. The smallest absolute Gasteiger partial charge is 0.251 e. The summed E-state index contributed by atoms with van der Waals surface area (Å²) in [6.07, 6.45) is -3.93. The minimum Gasteiger partial charge on any atom is -0.387 e. The highest BCUT2D eigenvalue weighted by atomic mass is 16.4. The third-order valence-corrected chi connectivity index (χ3v) is 5.57. The van der Waals surface area contributed by atoms with Crippen LogP contribution in [-0.2, 0) is 9.59 Å². The third-order valence-electron chi connectivity index (χ3n) is 5.57. The van der Waals surface area contributed by atoms with Crippen molar-refractivity contribution in [3.05, 3.63) is 0 Å². The highest BCUT2D eigenvalue weighted by Crippen LogP contribution is 2.06. The molecule has 0 heterocycles. The molecular weight excluding hydrogens is 442 g/mol. The number of aliphatic hydroxyl groups is 4. The first kappa shape index (κ1) is 32.7. The second kappa shape index (κ2) is 19.9. The number of unbranched alkanes of at least 4 members (excludes halogenated alkanes) is 1. The molecule has 4 atom stereocenters. The molecule has 34 heavy (non-hydrogen) atoms. The molecule has 0 aliphatic rings. The lowest BCUT2D eigenvalue weighted by Crippen LogP contribution is -2.55. The molecule has 0 saturated heterocycles. The van der Waals surface area contributed by atoms with Gasteiger partial charge in [-0.25, -0.2) is 0 Å². The van der Waals surface area contributed by atoms with Crippen LogP contribution in [0.15, 0.2) is 0 Å². The monoisotopic (exact) mass is 491 g/mol. The van der Waals surface area contributed by atoms with Gasteiger partial charge in [-0.2, -0.15) is 0 Å². The predicted molar refractivity (Wildman–Crippen MR) is 132 cm³/mol. The average Bonchev–Trinajstić information content (AvgIpc) is 2.83. The van der Waals surface area contributed by atoms with Gasteiger partial charge in [-0.05, 0) is 45.9 Å². The number of hydrogen-bond acceptors (Lipinski definition) is 9. The maximum Gasteiger partial charge on any atom is 0.251 e. The van der Waals surface area contributed by atoms with E-state index in [1.807, 2.05) is 7.05 Å². The summed E-state index contributed by atoms with van der Waals surface area (Å²) in [6, 6.07) is 0. The predicted octanol–water partition coefficient (Wildman–Crippen LogP) is -1.89. The molecule has 11 nitrogen and oxygen atoms in total. The molecule has 202 valence electrons. The van der Waals surface area contributed by atoms with Gasteiger partial charge in [0.05, 0.1) is 0 Å². The maximum absolute atomic E-state index is 12.2. The Morgan fingerprint density at radius 3 is 1.44 bits per heavy atom. The number of nitrogens with one attached hydrogen (secondary N) is 3. The Bertz CT molecular complexity index is 496. The van der Waals surface area contributed by atoms with Crippen LogP contribution >= 0.6 is 0 Å². The van der Waals surface area contributed by atoms with E-state index < -0.39 is 36.2 Å². The fourth-order valence-electron chi connectivity index (χ4n) is 3.52. The second-order valence-corrected chi connectivity index (χ2v) is 8.59. The van der Waals surface area contributed by atoms with E-state index in [1.54, 1.807) is 0 Å². The first-order valence-electron chi connectivity index (χ1n) is 12.6. The molecule has 0 radical (unpaired) electrons. The zero-order valence-corrected chi connectivity index (χ0v) is 21.5. The van der Waals surface area contributed by atoms with Crippen LogP contribution in [0.25, 0.3) is 0 Å². The molecule has 0 aliphatic heterocycles. The van der Waals surface area contributed by atoms with E-state index in [4.69, 9.17) is 0 Å². The number of amides is 2. The zero-order valence-electron chi connectivity index (χ0n) is 21.5. The Morgan fingerprint density at radius 1 is 0.647 bits per heavy atom. The van der Waals surface area contributed by atoms with E-state index in [2.05, 4.69) is 46.5 Å². The van der Waals surface area contributed by atoms with Gasteiger partial charge in [-0.1, -0.05) is 27.2 Å². The number of nitrogens with zero attached hydrogens (tertiary/aromatic N) is 2. The lowest BCUT2D eigenvalue weighted by molar-refractivity contribution is -0.155. The van der Waals surface area contributed by atoms with Gasteiger partial charge in [0.2, 0.25) is 0 Å². The number of rotatable bonds is 21. The Hall–Kier alpha value is -1.34. The molecule has 0 aromatic rings. The highest BCUT2D eigenvalue weighted by molar-refractivity contribution is 5.83. The number of hydrogen-bond donors (Lipinski definition) is 7. The summed E-state index contributed by atoms with van der Waals surface area (Å²) >= 11 is 0. The van der Waals surface area contributed by atoms with Crippen molar-refractivity contribution in [2.75, 3.05) is 66.0 Å². The summed E-state index contributed by atoms with van der Waals surface area (Å²) in [5.41, 5.74) is 0. The molecule has 0 fully saturated rings. The Labute approximate surface area is 204 Å². The quantitative estimate of drug-likeness (QED) is 0.0974. The van der Waals surface area contributed by atoms with E-state index in [9.17, 15) is 30.0 Å². The van der Waals surface area contributed by atoms with Gasteiger partial charge < -0.3 is 46.2 Å². The van der Waals surface area contributed by atoms with Crippen molar-refractivity contribution in [3.63, 3.8) is 0 Å². The molecule has 7 N–H and O–H groups in total. The molecule has 0 bridgehead atoms. The Balaban J connectivity index is 4.53. The van der Waals surface area contributed by atoms with Crippen LogP contribution in [0.4, 0.5) is 0 Å². The summed E-state index contributed by atoms with van der Waals surface area (Å²) in [5.74, 6) is -1.75. The van der Waals surface area contributed by atoms with Gasteiger partial charge in [0.15, 0.2) is 12.2 Å². The normalized spacial score (nSPS) is 15.2. The van der Waals surface area contributed by atoms with Crippen molar-refractivity contribution >= 4 is 11.8 Å². The van der Waals surface area contributed by atoms with Crippen LogP contribution in [0.5, 0.6) is 0 Å². The lowest BCUT2D eigenvalue weighted by Gasteiger charge is -2.26. The SMILES string of the molecule is CCCCN(CCC)CCNC(=O)[C@H](O)[C@H](O)[C@@H](O)[C@H](O)C(=O)NCCN(CCC)CCNC.